The standard InChI is InChI=1S/C19H30N2O3S/c1-16(2)15-18(19(22)21-12-7-4-8-13-21)20-25(23,24)14-11-17-9-5-3-6-10-17/h3,5-6,9-10,16,18,20H,4,7-8,11-15H2,1-2H3/t18-/m1/s1. The number of hydrogen-bond acceptors (Lipinski definition) is 3. The lowest BCUT2D eigenvalue weighted by molar-refractivity contribution is -0.134. The molecule has 1 aromatic rings. The number of piperidine rings is 1. The molecule has 1 amide bonds. The molecule has 0 aromatic heterocycles. The molecule has 140 valence electrons. The zero-order chi connectivity index (χ0) is 18.3. The first-order chi connectivity index (χ1) is 11.9. The molecule has 0 saturated carbocycles. The number of rotatable bonds is 8. The predicted octanol–water partition coefficient (Wildman–Crippen LogP) is 2.58. The fraction of sp³-hybridized carbons (Fsp3) is 0.632. The van der Waals surface area contributed by atoms with Crippen LogP contribution >= 0.6 is 0 Å². The number of carbonyl (C=O) groups excluding carboxylic acids is 1. The number of nitrogens with zero attached hydrogens (tertiary/aromatic N) is 1. The Morgan fingerprint density at radius 2 is 1.76 bits per heavy atom. The molecule has 25 heavy (non-hydrogen) atoms. The van der Waals surface area contributed by atoms with Gasteiger partial charge in [-0.1, -0.05) is 44.2 Å². The Kier molecular flexibility index (Phi) is 7.44. The highest BCUT2D eigenvalue weighted by Gasteiger charge is 2.29. The normalized spacial score (nSPS) is 16.8. The highest BCUT2D eigenvalue weighted by molar-refractivity contribution is 7.89. The third-order valence-corrected chi connectivity index (χ3v) is 5.88. The topological polar surface area (TPSA) is 66.5 Å². The van der Waals surface area contributed by atoms with Crippen molar-refractivity contribution < 1.29 is 13.2 Å². The van der Waals surface area contributed by atoms with E-state index in [0.717, 1.165) is 37.9 Å². The average molecular weight is 367 g/mol. The van der Waals surface area contributed by atoms with Gasteiger partial charge in [-0.15, -0.1) is 0 Å². The van der Waals surface area contributed by atoms with Crippen LogP contribution in [0.5, 0.6) is 0 Å². The van der Waals surface area contributed by atoms with Gasteiger partial charge in [-0.05, 0) is 43.6 Å². The Labute approximate surface area is 151 Å². The fourth-order valence-corrected chi connectivity index (χ4v) is 4.43. The van der Waals surface area contributed by atoms with Gasteiger partial charge < -0.3 is 4.90 Å². The van der Waals surface area contributed by atoms with Gasteiger partial charge in [0.25, 0.3) is 0 Å². The lowest BCUT2D eigenvalue weighted by Crippen LogP contribution is -2.51. The summed E-state index contributed by atoms with van der Waals surface area (Å²) in [4.78, 5) is 14.6. The van der Waals surface area contributed by atoms with Crippen LogP contribution in [0.3, 0.4) is 0 Å². The second kappa shape index (κ2) is 9.34. The maximum absolute atomic E-state index is 12.8. The Balaban J connectivity index is 2.00. The molecule has 1 saturated heterocycles. The molecule has 1 aromatic carbocycles. The lowest BCUT2D eigenvalue weighted by atomic mass is 10.0. The maximum atomic E-state index is 12.8. The van der Waals surface area contributed by atoms with Gasteiger partial charge in [0, 0.05) is 13.1 Å². The molecule has 0 aliphatic carbocycles. The molecule has 1 fully saturated rings. The molecule has 0 bridgehead atoms. The Morgan fingerprint density at radius 1 is 1.12 bits per heavy atom. The highest BCUT2D eigenvalue weighted by Crippen LogP contribution is 2.15. The molecule has 1 aliphatic heterocycles. The van der Waals surface area contributed by atoms with Gasteiger partial charge in [0.05, 0.1) is 5.75 Å². The Bertz CT molecular complexity index is 638. The first-order valence-electron chi connectivity index (χ1n) is 9.20. The van der Waals surface area contributed by atoms with E-state index < -0.39 is 16.1 Å². The number of carbonyl (C=O) groups is 1. The van der Waals surface area contributed by atoms with E-state index in [1.807, 2.05) is 49.1 Å². The van der Waals surface area contributed by atoms with E-state index in [9.17, 15) is 13.2 Å². The number of hydrogen-bond donors (Lipinski definition) is 1. The van der Waals surface area contributed by atoms with Crippen LogP contribution in [0, 0.1) is 5.92 Å². The summed E-state index contributed by atoms with van der Waals surface area (Å²) in [5.41, 5.74) is 0.982. The molecule has 2 rings (SSSR count). The summed E-state index contributed by atoms with van der Waals surface area (Å²) in [5.74, 6) is 0.172. The third kappa shape index (κ3) is 6.78. The van der Waals surface area contributed by atoms with Crippen LogP contribution in [-0.2, 0) is 21.2 Å². The smallest absolute Gasteiger partial charge is 0.240 e. The van der Waals surface area contributed by atoms with Gasteiger partial charge in [-0.3, -0.25) is 4.79 Å². The minimum atomic E-state index is -3.51. The van der Waals surface area contributed by atoms with Crippen molar-refractivity contribution in [1.82, 2.24) is 9.62 Å². The zero-order valence-corrected chi connectivity index (χ0v) is 16.1. The highest BCUT2D eigenvalue weighted by atomic mass is 32.2. The van der Waals surface area contributed by atoms with Crippen LogP contribution in [0.25, 0.3) is 0 Å². The van der Waals surface area contributed by atoms with E-state index in [2.05, 4.69) is 4.72 Å². The van der Waals surface area contributed by atoms with Crippen molar-refractivity contribution in [2.75, 3.05) is 18.8 Å². The average Bonchev–Trinajstić information content (AvgIpc) is 2.60. The second-order valence-electron chi connectivity index (χ2n) is 7.24. The van der Waals surface area contributed by atoms with Crippen molar-refractivity contribution in [3.05, 3.63) is 35.9 Å². The van der Waals surface area contributed by atoms with Gasteiger partial charge in [0.1, 0.15) is 6.04 Å². The van der Waals surface area contributed by atoms with Crippen molar-refractivity contribution in [1.29, 1.82) is 0 Å². The van der Waals surface area contributed by atoms with Crippen LogP contribution in [0.15, 0.2) is 30.3 Å². The van der Waals surface area contributed by atoms with E-state index in [-0.39, 0.29) is 17.6 Å². The molecular formula is C19H30N2O3S. The third-order valence-electron chi connectivity index (χ3n) is 4.50. The van der Waals surface area contributed by atoms with E-state index in [1.165, 1.54) is 0 Å². The number of nitrogens with one attached hydrogen (secondary N) is 1. The number of sulfonamides is 1. The molecule has 0 spiro atoms. The van der Waals surface area contributed by atoms with Crippen molar-refractivity contribution in [3.8, 4) is 0 Å². The van der Waals surface area contributed by atoms with Gasteiger partial charge in [-0.25, -0.2) is 13.1 Å². The summed E-state index contributed by atoms with van der Waals surface area (Å²) >= 11 is 0. The van der Waals surface area contributed by atoms with E-state index in [4.69, 9.17) is 0 Å². The summed E-state index contributed by atoms with van der Waals surface area (Å²) < 4.78 is 27.7. The summed E-state index contributed by atoms with van der Waals surface area (Å²) in [7, 11) is -3.51. The molecule has 1 atom stereocenters. The minimum Gasteiger partial charge on any atom is -0.341 e. The van der Waals surface area contributed by atoms with E-state index in [1.54, 1.807) is 0 Å². The maximum Gasteiger partial charge on any atom is 0.240 e. The fourth-order valence-electron chi connectivity index (χ4n) is 3.18. The van der Waals surface area contributed by atoms with Crippen molar-refractivity contribution >= 4 is 15.9 Å². The van der Waals surface area contributed by atoms with Crippen molar-refractivity contribution in [2.45, 2.75) is 52.0 Å². The van der Waals surface area contributed by atoms with Crippen molar-refractivity contribution in [2.24, 2.45) is 5.92 Å². The summed E-state index contributed by atoms with van der Waals surface area (Å²) in [6.07, 6.45) is 4.12. The molecule has 1 aliphatic rings. The summed E-state index contributed by atoms with van der Waals surface area (Å²) in [5, 5.41) is 0. The number of aryl methyl sites for hydroxylation is 1. The van der Waals surface area contributed by atoms with Gasteiger partial charge in [-0.2, -0.15) is 0 Å². The van der Waals surface area contributed by atoms with Crippen LogP contribution < -0.4 is 4.72 Å². The van der Waals surface area contributed by atoms with Gasteiger partial charge in [0.15, 0.2) is 0 Å². The number of benzene rings is 1. The first kappa shape index (κ1) is 19.9. The Morgan fingerprint density at radius 3 is 2.36 bits per heavy atom. The second-order valence-corrected chi connectivity index (χ2v) is 9.11. The molecule has 1 N–H and O–H groups in total. The molecular weight excluding hydrogens is 336 g/mol. The number of amides is 1. The van der Waals surface area contributed by atoms with Crippen LogP contribution in [0.1, 0.15) is 45.1 Å². The molecule has 6 heteroatoms. The largest absolute Gasteiger partial charge is 0.341 e. The first-order valence-corrected chi connectivity index (χ1v) is 10.9. The Hall–Kier alpha value is -1.40. The lowest BCUT2D eigenvalue weighted by Gasteiger charge is -2.31. The predicted molar refractivity (Wildman–Crippen MR) is 101 cm³/mol. The van der Waals surface area contributed by atoms with E-state index in [0.29, 0.717) is 12.8 Å². The van der Waals surface area contributed by atoms with Crippen LogP contribution in [0.2, 0.25) is 0 Å². The number of likely N-dealkylation sites (tertiary alicyclic amines) is 1. The molecule has 1 heterocycles. The van der Waals surface area contributed by atoms with E-state index >= 15 is 0 Å². The van der Waals surface area contributed by atoms with Crippen molar-refractivity contribution in [3.63, 3.8) is 0 Å². The van der Waals surface area contributed by atoms with Gasteiger partial charge >= 0.3 is 0 Å². The summed E-state index contributed by atoms with van der Waals surface area (Å²) in [6.45, 7) is 5.49. The minimum absolute atomic E-state index is 0.00110. The molecule has 0 unspecified atom stereocenters. The molecule has 0 radical (unpaired) electrons. The summed E-state index contributed by atoms with van der Waals surface area (Å²) in [6, 6.07) is 8.89. The van der Waals surface area contributed by atoms with Gasteiger partial charge in [0.2, 0.25) is 15.9 Å². The van der Waals surface area contributed by atoms with Crippen LogP contribution in [-0.4, -0.2) is 44.1 Å². The van der Waals surface area contributed by atoms with Crippen LogP contribution in [0.4, 0.5) is 0 Å². The molecule has 5 nitrogen and oxygen atoms in total. The quantitative estimate of drug-likeness (QED) is 0.769. The SMILES string of the molecule is CC(C)C[C@@H](NS(=O)(=O)CCc1ccccc1)C(=O)N1CCCCC1. The monoisotopic (exact) mass is 366 g/mol. The zero-order valence-electron chi connectivity index (χ0n) is 15.3.